The summed E-state index contributed by atoms with van der Waals surface area (Å²) in [6.07, 6.45) is 3.35. The fraction of sp³-hybridized carbons (Fsp3) is 0.417. The summed E-state index contributed by atoms with van der Waals surface area (Å²) in [5.41, 5.74) is 2.98. The zero-order valence-electron chi connectivity index (χ0n) is 17.0. The van der Waals surface area contributed by atoms with Crippen LogP contribution in [0.15, 0.2) is 54.6 Å². The third kappa shape index (κ3) is 4.44. The number of nitrogens with one attached hydrogen (secondary N) is 2. The highest BCUT2D eigenvalue weighted by atomic mass is 16.2. The van der Waals surface area contributed by atoms with Crippen molar-refractivity contribution >= 4 is 11.8 Å². The largest absolute Gasteiger partial charge is 0.353 e. The fourth-order valence-electron chi connectivity index (χ4n) is 3.79. The van der Waals surface area contributed by atoms with Crippen molar-refractivity contribution in [2.45, 2.75) is 51.5 Å². The summed E-state index contributed by atoms with van der Waals surface area (Å²) < 4.78 is 0. The minimum absolute atomic E-state index is 0.00321. The molecule has 28 heavy (non-hydrogen) atoms. The van der Waals surface area contributed by atoms with E-state index in [1.54, 1.807) is 12.1 Å². The Balaban J connectivity index is 1.64. The lowest BCUT2D eigenvalue weighted by Crippen LogP contribution is -2.53. The molecule has 1 saturated carbocycles. The van der Waals surface area contributed by atoms with E-state index in [0.717, 1.165) is 18.4 Å². The molecular formula is C24H30N2O2. The van der Waals surface area contributed by atoms with Gasteiger partial charge in [0.2, 0.25) is 5.91 Å². The number of amides is 2. The van der Waals surface area contributed by atoms with Crippen molar-refractivity contribution in [1.82, 2.24) is 10.6 Å². The SMILES string of the molecule is Cc1ccc(C(=O)NC(C(=O)NCC2(c3ccccc3)CCC2)C(C)C)cc1. The van der Waals surface area contributed by atoms with Gasteiger partial charge in [0.05, 0.1) is 0 Å². The Hall–Kier alpha value is -2.62. The average Bonchev–Trinajstić information content (AvgIpc) is 2.66. The summed E-state index contributed by atoms with van der Waals surface area (Å²) >= 11 is 0. The molecule has 2 aromatic rings. The van der Waals surface area contributed by atoms with Crippen LogP contribution in [0.4, 0.5) is 0 Å². The predicted molar refractivity (Wildman–Crippen MR) is 112 cm³/mol. The van der Waals surface area contributed by atoms with E-state index in [0.29, 0.717) is 12.1 Å². The maximum atomic E-state index is 12.9. The van der Waals surface area contributed by atoms with Gasteiger partial charge in [0.25, 0.3) is 5.91 Å². The lowest BCUT2D eigenvalue weighted by atomic mass is 9.64. The molecule has 2 N–H and O–H groups in total. The number of hydrogen-bond acceptors (Lipinski definition) is 2. The summed E-state index contributed by atoms with van der Waals surface area (Å²) in [6, 6.07) is 17.2. The van der Waals surface area contributed by atoms with Gasteiger partial charge in [-0.2, -0.15) is 0 Å². The molecule has 148 valence electrons. The van der Waals surface area contributed by atoms with Gasteiger partial charge in [0, 0.05) is 17.5 Å². The maximum absolute atomic E-state index is 12.9. The zero-order valence-corrected chi connectivity index (χ0v) is 17.0. The Kier molecular flexibility index (Phi) is 6.18. The van der Waals surface area contributed by atoms with E-state index in [9.17, 15) is 9.59 Å². The Morgan fingerprint density at radius 3 is 2.18 bits per heavy atom. The summed E-state index contributed by atoms with van der Waals surface area (Å²) in [4.78, 5) is 25.5. The average molecular weight is 379 g/mol. The summed E-state index contributed by atoms with van der Waals surface area (Å²) in [7, 11) is 0. The van der Waals surface area contributed by atoms with E-state index in [-0.39, 0.29) is 23.1 Å². The zero-order chi connectivity index (χ0) is 20.1. The van der Waals surface area contributed by atoms with Gasteiger partial charge in [-0.3, -0.25) is 9.59 Å². The van der Waals surface area contributed by atoms with Crippen molar-refractivity contribution in [1.29, 1.82) is 0 Å². The molecule has 0 aromatic heterocycles. The molecule has 0 radical (unpaired) electrons. The Morgan fingerprint density at radius 1 is 1.00 bits per heavy atom. The summed E-state index contributed by atoms with van der Waals surface area (Å²) in [5, 5.41) is 6.03. The maximum Gasteiger partial charge on any atom is 0.251 e. The molecule has 0 bridgehead atoms. The minimum atomic E-state index is -0.554. The van der Waals surface area contributed by atoms with E-state index in [1.807, 2.05) is 39.0 Å². The number of carbonyl (C=O) groups is 2. The molecule has 0 aliphatic heterocycles. The predicted octanol–water partition coefficient (Wildman–Crippen LogP) is 3.99. The van der Waals surface area contributed by atoms with Gasteiger partial charge >= 0.3 is 0 Å². The van der Waals surface area contributed by atoms with E-state index in [2.05, 4.69) is 34.9 Å². The molecule has 1 fully saturated rings. The molecule has 1 atom stereocenters. The van der Waals surface area contributed by atoms with Gasteiger partial charge in [0.1, 0.15) is 6.04 Å². The van der Waals surface area contributed by atoms with Crippen LogP contribution in [0.3, 0.4) is 0 Å². The van der Waals surface area contributed by atoms with Gasteiger partial charge in [0.15, 0.2) is 0 Å². The molecule has 1 aliphatic carbocycles. The molecule has 4 heteroatoms. The topological polar surface area (TPSA) is 58.2 Å². The highest BCUT2D eigenvalue weighted by Crippen LogP contribution is 2.43. The van der Waals surface area contributed by atoms with Crippen molar-refractivity contribution in [3.8, 4) is 0 Å². The van der Waals surface area contributed by atoms with Crippen LogP contribution in [0.25, 0.3) is 0 Å². The van der Waals surface area contributed by atoms with E-state index < -0.39 is 6.04 Å². The molecule has 4 nitrogen and oxygen atoms in total. The monoisotopic (exact) mass is 378 g/mol. The first-order valence-electron chi connectivity index (χ1n) is 10.1. The highest BCUT2D eigenvalue weighted by Gasteiger charge is 2.39. The third-order valence-electron chi connectivity index (χ3n) is 5.85. The fourth-order valence-corrected chi connectivity index (χ4v) is 3.79. The summed E-state index contributed by atoms with van der Waals surface area (Å²) in [6.45, 7) is 6.50. The van der Waals surface area contributed by atoms with Crippen LogP contribution in [0, 0.1) is 12.8 Å². The van der Waals surface area contributed by atoms with E-state index in [1.165, 1.54) is 12.0 Å². The van der Waals surface area contributed by atoms with Crippen molar-refractivity contribution < 1.29 is 9.59 Å². The van der Waals surface area contributed by atoms with Crippen molar-refractivity contribution in [2.75, 3.05) is 6.54 Å². The first kappa shape index (κ1) is 20.1. The lowest BCUT2D eigenvalue weighted by Gasteiger charge is -2.43. The van der Waals surface area contributed by atoms with Crippen LogP contribution >= 0.6 is 0 Å². The van der Waals surface area contributed by atoms with Gasteiger partial charge in [-0.25, -0.2) is 0 Å². The Labute approximate surface area is 167 Å². The van der Waals surface area contributed by atoms with E-state index >= 15 is 0 Å². The van der Waals surface area contributed by atoms with Crippen LogP contribution in [0.5, 0.6) is 0 Å². The van der Waals surface area contributed by atoms with Crippen LogP contribution in [-0.4, -0.2) is 24.4 Å². The first-order chi connectivity index (χ1) is 13.4. The van der Waals surface area contributed by atoms with Crippen LogP contribution in [-0.2, 0) is 10.2 Å². The summed E-state index contributed by atoms with van der Waals surface area (Å²) in [5.74, 6) is -0.323. The highest BCUT2D eigenvalue weighted by molar-refractivity contribution is 5.97. The first-order valence-corrected chi connectivity index (χ1v) is 10.1. The van der Waals surface area contributed by atoms with Gasteiger partial charge in [-0.1, -0.05) is 68.3 Å². The third-order valence-corrected chi connectivity index (χ3v) is 5.85. The molecule has 0 spiro atoms. The van der Waals surface area contributed by atoms with Gasteiger partial charge in [-0.05, 0) is 43.4 Å². The molecule has 2 amide bonds. The van der Waals surface area contributed by atoms with Crippen LogP contribution in [0.2, 0.25) is 0 Å². The molecule has 1 unspecified atom stereocenters. The number of carbonyl (C=O) groups excluding carboxylic acids is 2. The Bertz CT molecular complexity index is 808. The number of rotatable bonds is 7. The quantitative estimate of drug-likeness (QED) is 0.765. The second-order valence-electron chi connectivity index (χ2n) is 8.28. The van der Waals surface area contributed by atoms with Crippen LogP contribution in [0.1, 0.15) is 54.6 Å². The molecular weight excluding hydrogens is 348 g/mol. The number of hydrogen-bond donors (Lipinski definition) is 2. The molecule has 1 aliphatic rings. The second-order valence-corrected chi connectivity index (χ2v) is 8.28. The standard InChI is InChI=1S/C24H30N2O2/c1-17(2)21(26-22(27)19-12-10-18(3)11-13-19)23(28)25-16-24(14-7-15-24)20-8-5-4-6-9-20/h4-6,8-13,17,21H,7,14-16H2,1-3H3,(H,25,28)(H,26,27). The van der Waals surface area contributed by atoms with E-state index in [4.69, 9.17) is 0 Å². The number of benzene rings is 2. The molecule has 0 saturated heterocycles. The minimum Gasteiger partial charge on any atom is -0.353 e. The molecule has 3 rings (SSSR count). The van der Waals surface area contributed by atoms with Crippen molar-refractivity contribution in [3.05, 3.63) is 71.3 Å². The van der Waals surface area contributed by atoms with Gasteiger partial charge in [-0.15, -0.1) is 0 Å². The molecule has 0 heterocycles. The normalized spacial score (nSPS) is 16.1. The van der Waals surface area contributed by atoms with Crippen molar-refractivity contribution in [2.24, 2.45) is 5.92 Å². The second kappa shape index (κ2) is 8.59. The lowest BCUT2D eigenvalue weighted by molar-refractivity contribution is -0.124. The van der Waals surface area contributed by atoms with Crippen molar-refractivity contribution in [3.63, 3.8) is 0 Å². The van der Waals surface area contributed by atoms with Crippen LogP contribution < -0.4 is 10.6 Å². The van der Waals surface area contributed by atoms with Gasteiger partial charge < -0.3 is 10.6 Å². The Morgan fingerprint density at radius 2 is 1.64 bits per heavy atom. The smallest absolute Gasteiger partial charge is 0.251 e. The number of aryl methyl sites for hydroxylation is 1. The molecule has 2 aromatic carbocycles.